The van der Waals surface area contributed by atoms with Gasteiger partial charge < -0.3 is 13.3 Å². The number of fused-ring (bicyclic) bond motifs is 3. The summed E-state index contributed by atoms with van der Waals surface area (Å²) in [5, 5.41) is 0. The Morgan fingerprint density at radius 2 is 1.59 bits per heavy atom. The lowest BCUT2D eigenvalue weighted by atomic mass is 10.3. The van der Waals surface area contributed by atoms with Gasteiger partial charge >= 0.3 is 0 Å². The minimum atomic E-state index is 0.423. The van der Waals surface area contributed by atoms with Crippen molar-refractivity contribution in [1.29, 1.82) is 0 Å². The zero-order valence-electron chi connectivity index (χ0n) is 13.7. The lowest BCUT2D eigenvalue weighted by molar-refractivity contribution is 0.600. The molecule has 8 heteroatoms. The van der Waals surface area contributed by atoms with Gasteiger partial charge in [-0.3, -0.25) is 0 Å². The van der Waals surface area contributed by atoms with E-state index in [1.165, 1.54) is 6.39 Å². The third kappa shape index (κ3) is 2.20. The second kappa shape index (κ2) is 5.21. The van der Waals surface area contributed by atoms with Crippen LogP contribution in [-0.4, -0.2) is 24.9 Å². The Balaban J connectivity index is 1.46. The fraction of sp³-hybridized carbons (Fsp3) is 0. The zero-order valence-corrected chi connectivity index (χ0v) is 13.7. The van der Waals surface area contributed by atoms with Gasteiger partial charge in [-0.05, 0) is 18.2 Å². The van der Waals surface area contributed by atoms with Crippen LogP contribution in [0.25, 0.3) is 56.5 Å². The van der Waals surface area contributed by atoms with Crippen molar-refractivity contribution in [2.75, 3.05) is 0 Å². The van der Waals surface area contributed by atoms with E-state index >= 15 is 0 Å². The van der Waals surface area contributed by atoms with Gasteiger partial charge in [-0.1, -0.05) is 12.1 Å². The van der Waals surface area contributed by atoms with Crippen molar-refractivity contribution in [2.45, 2.75) is 0 Å². The van der Waals surface area contributed by atoms with Gasteiger partial charge in [0.25, 0.3) is 0 Å². The first kappa shape index (κ1) is 14.1. The van der Waals surface area contributed by atoms with Crippen molar-refractivity contribution in [2.24, 2.45) is 0 Å². The van der Waals surface area contributed by atoms with Crippen molar-refractivity contribution in [3.8, 4) is 23.0 Å². The summed E-state index contributed by atoms with van der Waals surface area (Å²) in [4.78, 5) is 21.6. The maximum Gasteiger partial charge on any atom is 0.246 e. The highest BCUT2D eigenvalue weighted by Gasteiger charge is 2.15. The maximum absolute atomic E-state index is 5.89. The third-order valence-electron chi connectivity index (χ3n) is 4.22. The summed E-state index contributed by atoms with van der Waals surface area (Å²) in [6.45, 7) is 0. The summed E-state index contributed by atoms with van der Waals surface area (Å²) >= 11 is 0. The van der Waals surface area contributed by atoms with Crippen molar-refractivity contribution in [1.82, 2.24) is 24.9 Å². The maximum atomic E-state index is 5.89. The van der Waals surface area contributed by atoms with Crippen LogP contribution < -0.4 is 0 Å². The van der Waals surface area contributed by atoms with E-state index < -0.39 is 0 Å². The lowest BCUT2D eigenvalue weighted by Crippen LogP contribution is -1.83. The van der Waals surface area contributed by atoms with E-state index in [2.05, 4.69) is 24.9 Å². The summed E-state index contributed by atoms with van der Waals surface area (Å²) in [6.07, 6.45) is 4.63. The van der Waals surface area contributed by atoms with Crippen LogP contribution in [0.5, 0.6) is 0 Å². The molecule has 0 saturated heterocycles. The summed E-state index contributed by atoms with van der Waals surface area (Å²) in [6, 6.07) is 11.1. The number of para-hydroxylation sites is 2. The number of hydrogen-bond acceptors (Lipinski definition) is 8. The molecule has 6 rings (SSSR count). The number of hydrogen-bond donors (Lipinski definition) is 0. The molecule has 5 heterocycles. The topological polar surface area (TPSA) is 104 Å². The number of benzene rings is 1. The van der Waals surface area contributed by atoms with Gasteiger partial charge in [-0.2, -0.15) is 4.98 Å². The summed E-state index contributed by atoms with van der Waals surface area (Å²) in [7, 11) is 0. The fourth-order valence-corrected chi connectivity index (χ4v) is 2.93. The average Bonchev–Trinajstić information content (AvgIpc) is 3.42. The second-order valence-corrected chi connectivity index (χ2v) is 5.94. The normalized spacial score (nSPS) is 11.7. The summed E-state index contributed by atoms with van der Waals surface area (Å²) in [5.74, 6) is 0.855. The van der Waals surface area contributed by atoms with Crippen LogP contribution in [0.1, 0.15) is 0 Å². The Kier molecular flexibility index (Phi) is 2.73. The van der Waals surface area contributed by atoms with Gasteiger partial charge in [-0.25, -0.2) is 19.9 Å². The van der Waals surface area contributed by atoms with Crippen LogP contribution in [0, 0.1) is 0 Å². The van der Waals surface area contributed by atoms with Crippen molar-refractivity contribution < 1.29 is 13.3 Å². The first-order chi connectivity index (χ1) is 13.3. The quantitative estimate of drug-likeness (QED) is 0.454. The van der Waals surface area contributed by atoms with Gasteiger partial charge in [0.05, 0.1) is 11.8 Å². The molecule has 0 bridgehead atoms. The molecule has 27 heavy (non-hydrogen) atoms. The highest BCUT2D eigenvalue weighted by Crippen LogP contribution is 2.29. The molecule has 8 nitrogen and oxygen atoms in total. The Morgan fingerprint density at radius 3 is 2.56 bits per heavy atom. The Labute approximate surface area is 150 Å². The lowest BCUT2D eigenvalue weighted by Gasteiger charge is -1.93. The van der Waals surface area contributed by atoms with E-state index in [-0.39, 0.29) is 0 Å². The highest BCUT2D eigenvalue weighted by atomic mass is 16.4. The van der Waals surface area contributed by atoms with E-state index in [1.54, 1.807) is 24.5 Å². The molecule has 6 aromatic rings. The van der Waals surface area contributed by atoms with E-state index in [9.17, 15) is 0 Å². The van der Waals surface area contributed by atoms with Crippen LogP contribution in [0.3, 0.4) is 0 Å². The predicted molar refractivity (Wildman–Crippen MR) is 95.6 cm³/mol. The van der Waals surface area contributed by atoms with E-state index in [0.29, 0.717) is 51.0 Å². The molecule has 0 atom stereocenters. The Hall–Kier alpha value is -4.07. The van der Waals surface area contributed by atoms with Crippen LogP contribution in [0.4, 0.5) is 0 Å². The van der Waals surface area contributed by atoms with Gasteiger partial charge in [0, 0.05) is 12.3 Å². The highest BCUT2D eigenvalue weighted by molar-refractivity contribution is 5.81. The smallest absolute Gasteiger partial charge is 0.246 e. The SMILES string of the molecule is c1ccc2oc(-c3cc4oc(-c5cnc6ncoc6c5)nc4cn3)nc2c1. The van der Waals surface area contributed by atoms with Crippen molar-refractivity contribution in [3.05, 3.63) is 55.2 Å². The van der Waals surface area contributed by atoms with E-state index in [0.717, 1.165) is 5.52 Å². The Morgan fingerprint density at radius 1 is 0.704 bits per heavy atom. The molecule has 0 unspecified atom stereocenters. The number of pyridine rings is 2. The fourth-order valence-electron chi connectivity index (χ4n) is 2.93. The molecule has 0 aliphatic carbocycles. The number of nitrogens with zero attached hydrogens (tertiary/aromatic N) is 5. The molecule has 0 radical (unpaired) electrons. The number of oxazole rings is 3. The monoisotopic (exact) mass is 355 g/mol. The predicted octanol–water partition coefficient (Wildman–Crippen LogP) is 4.23. The van der Waals surface area contributed by atoms with E-state index in [1.807, 2.05) is 24.3 Å². The molecule has 0 fully saturated rings. The summed E-state index contributed by atoms with van der Waals surface area (Å²) in [5.41, 5.74) is 5.06. The minimum absolute atomic E-state index is 0.423. The Bertz CT molecular complexity index is 1410. The average molecular weight is 355 g/mol. The molecule has 128 valence electrons. The summed E-state index contributed by atoms with van der Waals surface area (Å²) < 4.78 is 16.9. The van der Waals surface area contributed by atoms with Crippen LogP contribution in [0.15, 0.2) is 68.4 Å². The number of rotatable bonds is 2. The zero-order chi connectivity index (χ0) is 17.8. The molecular formula is C19H9N5O3. The van der Waals surface area contributed by atoms with Gasteiger partial charge in [-0.15, -0.1) is 0 Å². The van der Waals surface area contributed by atoms with Gasteiger partial charge in [0.2, 0.25) is 11.8 Å². The number of aromatic nitrogens is 5. The van der Waals surface area contributed by atoms with Gasteiger partial charge in [0.15, 0.2) is 28.8 Å². The molecule has 0 spiro atoms. The van der Waals surface area contributed by atoms with Crippen LogP contribution in [-0.2, 0) is 0 Å². The third-order valence-corrected chi connectivity index (χ3v) is 4.22. The molecule has 0 saturated carbocycles. The molecule has 0 amide bonds. The standard InChI is InChI=1S/C19H9N5O3/c1-2-4-14-11(3-1)23-19(26-14)12-6-15-13(8-20-12)24-18(27-15)10-5-16-17(21-7-10)22-9-25-16/h1-9H. The molecule has 0 N–H and O–H groups in total. The largest absolute Gasteiger partial charge is 0.442 e. The van der Waals surface area contributed by atoms with Crippen molar-refractivity contribution in [3.63, 3.8) is 0 Å². The first-order valence-electron chi connectivity index (χ1n) is 8.16. The van der Waals surface area contributed by atoms with E-state index in [4.69, 9.17) is 13.3 Å². The second-order valence-electron chi connectivity index (χ2n) is 5.94. The molecule has 5 aromatic heterocycles. The van der Waals surface area contributed by atoms with Gasteiger partial charge in [0.1, 0.15) is 16.7 Å². The van der Waals surface area contributed by atoms with Crippen molar-refractivity contribution >= 4 is 33.4 Å². The minimum Gasteiger partial charge on any atom is -0.442 e. The van der Waals surface area contributed by atoms with Crippen LogP contribution in [0.2, 0.25) is 0 Å². The molecule has 0 aliphatic heterocycles. The molecule has 1 aromatic carbocycles. The van der Waals surface area contributed by atoms with Crippen LogP contribution >= 0.6 is 0 Å². The molecule has 0 aliphatic rings. The first-order valence-corrected chi connectivity index (χ1v) is 8.16. The molecular weight excluding hydrogens is 346 g/mol.